The minimum Gasteiger partial charge on any atom is -0.404 e. The van der Waals surface area contributed by atoms with E-state index in [0.717, 1.165) is 6.42 Å². The zero-order chi connectivity index (χ0) is 13.1. The summed E-state index contributed by atoms with van der Waals surface area (Å²) in [4.78, 5) is 0. The molecule has 0 saturated heterocycles. The number of ether oxygens (including phenoxy) is 1. The van der Waals surface area contributed by atoms with Gasteiger partial charge in [0.1, 0.15) is 0 Å². The molecular formula is C11H13BrF3NO. The molecule has 0 aliphatic rings. The Balaban J connectivity index is 2.95. The highest BCUT2D eigenvalue weighted by molar-refractivity contribution is 9.10. The highest BCUT2D eigenvalue weighted by atomic mass is 79.9. The first-order valence-electron chi connectivity index (χ1n) is 5.13. The van der Waals surface area contributed by atoms with E-state index in [1.165, 1.54) is 6.07 Å². The van der Waals surface area contributed by atoms with Crippen molar-refractivity contribution in [2.24, 2.45) is 0 Å². The van der Waals surface area contributed by atoms with Gasteiger partial charge >= 0.3 is 6.36 Å². The lowest BCUT2D eigenvalue weighted by Gasteiger charge is -2.18. The van der Waals surface area contributed by atoms with Crippen LogP contribution in [-0.4, -0.2) is 12.4 Å². The molecule has 2 nitrogen and oxygen atoms in total. The molecule has 17 heavy (non-hydrogen) atoms. The van der Waals surface area contributed by atoms with Crippen molar-refractivity contribution in [3.63, 3.8) is 0 Å². The lowest BCUT2D eigenvalue weighted by Crippen LogP contribution is -2.20. The van der Waals surface area contributed by atoms with Crippen LogP contribution in [0.2, 0.25) is 0 Å². The second-order valence-corrected chi connectivity index (χ2v) is 4.56. The second kappa shape index (κ2) is 5.62. The Morgan fingerprint density at radius 1 is 1.41 bits per heavy atom. The third-order valence-electron chi connectivity index (χ3n) is 2.18. The SMILES string of the molecule is CCC(C)Nc1ccc(Br)cc1OC(F)(F)F. The molecule has 96 valence electrons. The quantitative estimate of drug-likeness (QED) is 0.880. The summed E-state index contributed by atoms with van der Waals surface area (Å²) in [6.45, 7) is 3.83. The molecule has 1 rings (SSSR count). The van der Waals surface area contributed by atoms with E-state index in [0.29, 0.717) is 10.2 Å². The number of benzene rings is 1. The van der Waals surface area contributed by atoms with Gasteiger partial charge in [-0.05, 0) is 31.5 Å². The van der Waals surface area contributed by atoms with Crippen LogP contribution in [0.5, 0.6) is 5.75 Å². The fourth-order valence-electron chi connectivity index (χ4n) is 1.19. The number of anilines is 1. The molecule has 0 aliphatic heterocycles. The van der Waals surface area contributed by atoms with Crippen LogP contribution < -0.4 is 10.1 Å². The van der Waals surface area contributed by atoms with E-state index in [4.69, 9.17) is 0 Å². The minimum absolute atomic E-state index is 0.0757. The van der Waals surface area contributed by atoms with Gasteiger partial charge in [-0.25, -0.2) is 0 Å². The molecule has 0 fully saturated rings. The van der Waals surface area contributed by atoms with Crippen molar-refractivity contribution in [1.82, 2.24) is 0 Å². The molecular weight excluding hydrogens is 299 g/mol. The van der Waals surface area contributed by atoms with Crippen molar-refractivity contribution in [2.45, 2.75) is 32.7 Å². The van der Waals surface area contributed by atoms with Crippen LogP contribution in [-0.2, 0) is 0 Å². The standard InChI is InChI=1S/C11H13BrF3NO/c1-3-7(2)16-9-5-4-8(12)6-10(9)17-11(13,14)15/h4-7,16H,3H2,1-2H3. The molecule has 6 heteroatoms. The highest BCUT2D eigenvalue weighted by Crippen LogP contribution is 2.33. The number of hydrogen-bond acceptors (Lipinski definition) is 2. The van der Waals surface area contributed by atoms with E-state index in [1.54, 1.807) is 12.1 Å². The lowest BCUT2D eigenvalue weighted by molar-refractivity contribution is -0.274. The maximum atomic E-state index is 12.2. The molecule has 0 heterocycles. The molecule has 0 bridgehead atoms. The molecule has 1 N–H and O–H groups in total. The van der Waals surface area contributed by atoms with Crippen LogP contribution in [0.15, 0.2) is 22.7 Å². The molecule has 1 unspecified atom stereocenters. The van der Waals surface area contributed by atoms with Gasteiger partial charge in [-0.1, -0.05) is 22.9 Å². The summed E-state index contributed by atoms with van der Waals surface area (Å²) in [7, 11) is 0. The third kappa shape index (κ3) is 4.85. The summed E-state index contributed by atoms with van der Waals surface area (Å²) >= 11 is 3.11. The average Bonchev–Trinajstić information content (AvgIpc) is 2.19. The monoisotopic (exact) mass is 311 g/mol. The van der Waals surface area contributed by atoms with Gasteiger partial charge in [0.2, 0.25) is 0 Å². The van der Waals surface area contributed by atoms with Crippen LogP contribution in [0.25, 0.3) is 0 Å². The van der Waals surface area contributed by atoms with Crippen molar-refractivity contribution < 1.29 is 17.9 Å². The van der Waals surface area contributed by atoms with Gasteiger partial charge in [0.05, 0.1) is 5.69 Å². The zero-order valence-corrected chi connectivity index (χ0v) is 11.0. The maximum absolute atomic E-state index is 12.2. The largest absolute Gasteiger partial charge is 0.573 e. The Labute approximate surface area is 106 Å². The summed E-state index contributed by atoms with van der Waals surface area (Å²) in [5.74, 6) is -0.229. The van der Waals surface area contributed by atoms with Crippen LogP contribution in [0.3, 0.4) is 0 Å². The Bertz CT molecular complexity index is 381. The van der Waals surface area contributed by atoms with Crippen molar-refractivity contribution in [2.75, 3.05) is 5.32 Å². The van der Waals surface area contributed by atoms with Crippen molar-refractivity contribution in [3.05, 3.63) is 22.7 Å². The fraction of sp³-hybridized carbons (Fsp3) is 0.455. The molecule has 0 saturated carbocycles. The molecule has 1 atom stereocenters. The first-order chi connectivity index (χ1) is 7.81. The summed E-state index contributed by atoms with van der Waals surface area (Å²) in [6, 6.07) is 4.58. The number of rotatable bonds is 4. The highest BCUT2D eigenvalue weighted by Gasteiger charge is 2.32. The molecule has 0 spiro atoms. The summed E-state index contributed by atoms with van der Waals surface area (Å²) in [5.41, 5.74) is 0.333. The van der Waals surface area contributed by atoms with E-state index >= 15 is 0 Å². The van der Waals surface area contributed by atoms with Crippen LogP contribution >= 0.6 is 15.9 Å². The Kier molecular flexibility index (Phi) is 4.68. The maximum Gasteiger partial charge on any atom is 0.573 e. The van der Waals surface area contributed by atoms with Crippen LogP contribution in [0.4, 0.5) is 18.9 Å². The van der Waals surface area contributed by atoms with E-state index < -0.39 is 6.36 Å². The number of nitrogens with one attached hydrogen (secondary N) is 1. The van der Waals surface area contributed by atoms with E-state index in [9.17, 15) is 13.2 Å². The molecule has 1 aromatic carbocycles. The number of halogens is 4. The van der Waals surface area contributed by atoms with Crippen LogP contribution in [0, 0.1) is 0 Å². The fourth-order valence-corrected chi connectivity index (χ4v) is 1.53. The van der Waals surface area contributed by atoms with Gasteiger partial charge in [-0.2, -0.15) is 0 Å². The topological polar surface area (TPSA) is 21.3 Å². The van der Waals surface area contributed by atoms with Gasteiger partial charge < -0.3 is 10.1 Å². The summed E-state index contributed by atoms with van der Waals surface area (Å²) in [5, 5.41) is 2.96. The predicted octanol–water partition coefficient (Wildman–Crippen LogP) is 4.56. The lowest BCUT2D eigenvalue weighted by atomic mass is 10.2. The smallest absolute Gasteiger partial charge is 0.404 e. The summed E-state index contributed by atoms with van der Waals surface area (Å²) in [6.07, 6.45) is -3.88. The summed E-state index contributed by atoms with van der Waals surface area (Å²) < 4.78 is 41.1. The van der Waals surface area contributed by atoms with Gasteiger partial charge in [0.15, 0.2) is 5.75 Å². The first kappa shape index (κ1) is 14.2. The first-order valence-corrected chi connectivity index (χ1v) is 5.93. The molecule has 1 aromatic rings. The minimum atomic E-state index is -4.69. The van der Waals surface area contributed by atoms with Gasteiger partial charge in [0.25, 0.3) is 0 Å². The Morgan fingerprint density at radius 2 is 2.06 bits per heavy atom. The van der Waals surface area contributed by atoms with Crippen molar-refractivity contribution in [3.8, 4) is 5.75 Å². The Morgan fingerprint density at radius 3 is 2.59 bits per heavy atom. The molecule has 0 radical (unpaired) electrons. The van der Waals surface area contributed by atoms with Gasteiger partial charge in [-0.3, -0.25) is 0 Å². The number of hydrogen-bond donors (Lipinski definition) is 1. The van der Waals surface area contributed by atoms with Crippen LogP contribution in [0.1, 0.15) is 20.3 Å². The van der Waals surface area contributed by atoms with E-state index in [2.05, 4.69) is 26.0 Å². The van der Waals surface area contributed by atoms with Gasteiger partial charge in [0, 0.05) is 10.5 Å². The third-order valence-corrected chi connectivity index (χ3v) is 2.68. The van der Waals surface area contributed by atoms with E-state index in [-0.39, 0.29) is 11.8 Å². The zero-order valence-electron chi connectivity index (χ0n) is 9.44. The molecule has 0 amide bonds. The van der Waals surface area contributed by atoms with E-state index in [1.807, 2.05) is 13.8 Å². The Hall–Kier alpha value is -0.910. The predicted molar refractivity (Wildman–Crippen MR) is 64.2 cm³/mol. The molecule has 0 aliphatic carbocycles. The van der Waals surface area contributed by atoms with Crippen molar-refractivity contribution >= 4 is 21.6 Å². The number of alkyl halides is 3. The molecule has 0 aromatic heterocycles. The average molecular weight is 312 g/mol. The van der Waals surface area contributed by atoms with Gasteiger partial charge in [-0.15, -0.1) is 13.2 Å². The normalized spacial score (nSPS) is 13.3. The van der Waals surface area contributed by atoms with Crippen molar-refractivity contribution in [1.29, 1.82) is 0 Å². The second-order valence-electron chi connectivity index (χ2n) is 3.64.